The summed E-state index contributed by atoms with van der Waals surface area (Å²) in [6, 6.07) is 14.4. The number of carbonyl (C=O) groups is 2. The quantitative estimate of drug-likeness (QED) is 0.455. The van der Waals surface area contributed by atoms with Gasteiger partial charge in [-0.05, 0) is 50.2 Å². The first-order chi connectivity index (χ1) is 15.0. The fourth-order valence-electron chi connectivity index (χ4n) is 2.97. The molecule has 0 radical (unpaired) electrons. The Labute approximate surface area is 182 Å². The van der Waals surface area contributed by atoms with Gasteiger partial charge in [0.25, 0.3) is 5.91 Å². The average molecular weight is 436 g/mol. The first-order valence-corrected chi connectivity index (χ1v) is 10.4. The molecule has 2 aromatic heterocycles. The molecule has 158 valence electrons. The molecule has 2 heterocycles. The average Bonchev–Trinajstić information content (AvgIpc) is 3.33. The molecule has 4 aromatic rings. The number of aryl methyl sites for hydroxylation is 1. The van der Waals surface area contributed by atoms with Gasteiger partial charge in [-0.2, -0.15) is 10.1 Å². The maximum absolute atomic E-state index is 12.6. The highest BCUT2D eigenvalue weighted by atomic mass is 32.1. The number of thiazole rings is 1. The molecule has 0 fully saturated rings. The van der Waals surface area contributed by atoms with Crippen LogP contribution in [0, 0.1) is 6.92 Å². The van der Waals surface area contributed by atoms with Crippen molar-refractivity contribution in [1.29, 1.82) is 0 Å². The van der Waals surface area contributed by atoms with Crippen LogP contribution in [0.15, 0.2) is 48.5 Å². The Hall–Kier alpha value is -3.72. The van der Waals surface area contributed by atoms with Crippen LogP contribution in [0.4, 0.5) is 5.13 Å². The lowest BCUT2D eigenvalue weighted by Gasteiger charge is -2.04. The Morgan fingerprint density at radius 2 is 1.81 bits per heavy atom. The number of amides is 1. The van der Waals surface area contributed by atoms with Crippen LogP contribution in [0.1, 0.15) is 33.3 Å². The van der Waals surface area contributed by atoms with E-state index in [0.29, 0.717) is 32.5 Å². The second-order valence-electron chi connectivity index (χ2n) is 6.67. The van der Waals surface area contributed by atoms with Crippen LogP contribution in [-0.2, 0) is 4.74 Å². The summed E-state index contributed by atoms with van der Waals surface area (Å²) in [7, 11) is 1.59. The van der Waals surface area contributed by atoms with Crippen LogP contribution in [0.3, 0.4) is 0 Å². The van der Waals surface area contributed by atoms with E-state index in [1.807, 2.05) is 31.2 Å². The van der Waals surface area contributed by atoms with Crippen LogP contribution >= 0.6 is 11.3 Å². The van der Waals surface area contributed by atoms with E-state index >= 15 is 0 Å². The van der Waals surface area contributed by atoms with E-state index in [-0.39, 0.29) is 18.2 Å². The zero-order valence-electron chi connectivity index (χ0n) is 17.2. The normalized spacial score (nSPS) is 10.8. The molecule has 0 bridgehead atoms. The zero-order valence-corrected chi connectivity index (χ0v) is 18.0. The van der Waals surface area contributed by atoms with Gasteiger partial charge in [-0.15, -0.1) is 0 Å². The third-order valence-electron chi connectivity index (χ3n) is 4.54. The summed E-state index contributed by atoms with van der Waals surface area (Å²) in [6.07, 6.45) is 0. The minimum atomic E-state index is -0.542. The molecule has 9 heteroatoms. The molecular formula is C22H20N4O4S. The summed E-state index contributed by atoms with van der Waals surface area (Å²) in [6.45, 7) is 3.91. The minimum Gasteiger partial charge on any atom is -0.497 e. The van der Waals surface area contributed by atoms with Gasteiger partial charge >= 0.3 is 5.97 Å². The van der Waals surface area contributed by atoms with Gasteiger partial charge in [0.15, 0.2) is 16.5 Å². The van der Waals surface area contributed by atoms with Crippen LogP contribution in [0.2, 0.25) is 0 Å². The second-order valence-corrected chi connectivity index (χ2v) is 7.67. The number of anilines is 1. The number of rotatable bonds is 6. The van der Waals surface area contributed by atoms with E-state index in [4.69, 9.17) is 9.47 Å². The van der Waals surface area contributed by atoms with Crippen molar-refractivity contribution in [2.75, 3.05) is 19.0 Å². The summed E-state index contributed by atoms with van der Waals surface area (Å²) in [5.74, 6) is -0.125. The molecule has 1 N–H and O–H groups in total. The van der Waals surface area contributed by atoms with Gasteiger partial charge in [0.05, 0.1) is 19.4 Å². The molecule has 0 unspecified atom stereocenters. The van der Waals surface area contributed by atoms with E-state index in [9.17, 15) is 9.59 Å². The summed E-state index contributed by atoms with van der Waals surface area (Å²) >= 11 is 1.18. The van der Waals surface area contributed by atoms with E-state index in [0.717, 1.165) is 5.56 Å². The van der Waals surface area contributed by atoms with Crippen molar-refractivity contribution in [3.8, 4) is 11.4 Å². The third-order valence-corrected chi connectivity index (χ3v) is 5.51. The van der Waals surface area contributed by atoms with Crippen molar-refractivity contribution >= 4 is 38.7 Å². The zero-order chi connectivity index (χ0) is 22.0. The fraction of sp³-hybridized carbons (Fsp3) is 0.182. The van der Waals surface area contributed by atoms with Crippen molar-refractivity contribution in [3.63, 3.8) is 0 Å². The molecule has 0 saturated carbocycles. The Morgan fingerprint density at radius 1 is 1.10 bits per heavy atom. The van der Waals surface area contributed by atoms with Gasteiger partial charge in [0, 0.05) is 5.56 Å². The van der Waals surface area contributed by atoms with Crippen LogP contribution < -0.4 is 10.1 Å². The number of ether oxygens (including phenoxy) is 2. The van der Waals surface area contributed by atoms with E-state index in [2.05, 4.69) is 15.4 Å². The predicted octanol–water partition coefficient (Wildman–Crippen LogP) is 4.23. The monoisotopic (exact) mass is 436 g/mol. The molecule has 0 aliphatic heterocycles. The first-order valence-electron chi connectivity index (χ1n) is 9.59. The Kier molecular flexibility index (Phi) is 5.68. The smallest absolute Gasteiger partial charge is 0.360 e. The number of fused-ring (bicyclic) bond motifs is 1. The molecule has 2 aromatic carbocycles. The van der Waals surface area contributed by atoms with Gasteiger partial charge in [-0.1, -0.05) is 29.0 Å². The SMILES string of the molecule is CCOC(=O)c1nn(-c2ccc(OC)cc2)c2nc(NC(=O)c3ccc(C)cc3)sc12. The van der Waals surface area contributed by atoms with Crippen LogP contribution in [0.5, 0.6) is 5.75 Å². The maximum atomic E-state index is 12.6. The highest BCUT2D eigenvalue weighted by Gasteiger charge is 2.24. The van der Waals surface area contributed by atoms with Crippen molar-refractivity contribution in [2.24, 2.45) is 0 Å². The fourth-order valence-corrected chi connectivity index (χ4v) is 3.88. The number of hydrogen-bond donors (Lipinski definition) is 1. The number of benzene rings is 2. The molecule has 0 atom stereocenters. The molecule has 8 nitrogen and oxygen atoms in total. The number of aromatic nitrogens is 3. The number of carbonyl (C=O) groups excluding carboxylic acids is 2. The van der Waals surface area contributed by atoms with Gasteiger partial charge in [0.1, 0.15) is 10.4 Å². The number of hydrogen-bond acceptors (Lipinski definition) is 7. The van der Waals surface area contributed by atoms with Gasteiger partial charge in [-0.3, -0.25) is 10.1 Å². The first kappa shape index (κ1) is 20.5. The molecular weight excluding hydrogens is 416 g/mol. The second kappa shape index (κ2) is 8.57. The highest BCUT2D eigenvalue weighted by molar-refractivity contribution is 7.22. The van der Waals surface area contributed by atoms with Crippen LogP contribution in [0.25, 0.3) is 16.0 Å². The molecule has 31 heavy (non-hydrogen) atoms. The van der Waals surface area contributed by atoms with Gasteiger partial charge < -0.3 is 9.47 Å². The van der Waals surface area contributed by atoms with E-state index in [1.165, 1.54) is 11.3 Å². The summed E-state index contributed by atoms with van der Waals surface area (Å²) in [5, 5.41) is 7.59. The number of nitrogens with one attached hydrogen (secondary N) is 1. The minimum absolute atomic E-state index is 0.154. The molecule has 0 spiro atoms. The van der Waals surface area contributed by atoms with Crippen molar-refractivity contribution < 1.29 is 19.1 Å². The summed E-state index contributed by atoms with van der Waals surface area (Å²) in [4.78, 5) is 29.6. The molecule has 0 saturated heterocycles. The standard InChI is InChI=1S/C22H20N4O4S/c1-4-30-21(28)17-18-19(26(25-17)15-9-11-16(29-3)12-10-15)23-22(31-18)24-20(27)14-7-5-13(2)6-8-14/h5-12H,4H2,1-3H3,(H,23,24,27). The van der Waals surface area contributed by atoms with Crippen molar-refractivity contribution in [3.05, 3.63) is 65.4 Å². The number of methoxy groups -OCH3 is 1. The van der Waals surface area contributed by atoms with Crippen LogP contribution in [-0.4, -0.2) is 40.4 Å². The Bertz CT molecular complexity index is 1240. The largest absolute Gasteiger partial charge is 0.497 e. The lowest BCUT2D eigenvalue weighted by Crippen LogP contribution is -2.12. The molecule has 1 amide bonds. The summed E-state index contributed by atoms with van der Waals surface area (Å²) in [5.41, 5.74) is 2.89. The Balaban J connectivity index is 1.74. The number of nitrogens with zero attached hydrogens (tertiary/aromatic N) is 3. The molecule has 0 aliphatic carbocycles. The third kappa shape index (κ3) is 4.13. The summed E-state index contributed by atoms with van der Waals surface area (Å²) < 4.78 is 12.4. The van der Waals surface area contributed by atoms with Crippen molar-refractivity contribution in [2.45, 2.75) is 13.8 Å². The predicted molar refractivity (Wildman–Crippen MR) is 118 cm³/mol. The number of esters is 1. The maximum Gasteiger partial charge on any atom is 0.360 e. The molecule has 0 aliphatic rings. The van der Waals surface area contributed by atoms with Crippen molar-refractivity contribution in [1.82, 2.24) is 14.8 Å². The van der Waals surface area contributed by atoms with E-state index in [1.54, 1.807) is 43.0 Å². The lowest BCUT2D eigenvalue weighted by molar-refractivity contribution is 0.0521. The van der Waals surface area contributed by atoms with Gasteiger partial charge in [0.2, 0.25) is 0 Å². The highest BCUT2D eigenvalue weighted by Crippen LogP contribution is 2.32. The topological polar surface area (TPSA) is 95.3 Å². The van der Waals surface area contributed by atoms with E-state index < -0.39 is 5.97 Å². The van der Waals surface area contributed by atoms with Gasteiger partial charge in [-0.25, -0.2) is 9.48 Å². The Morgan fingerprint density at radius 3 is 2.45 bits per heavy atom. The molecule has 4 rings (SSSR count). The lowest BCUT2D eigenvalue weighted by atomic mass is 10.1.